The first kappa shape index (κ1) is 10.6. The topological polar surface area (TPSA) is 28.7 Å². The van der Waals surface area contributed by atoms with Gasteiger partial charge in [0.25, 0.3) is 0 Å². The lowest BCUT2D eigenvalue weighted by Gasteiger charge is -2.06. The molecule has 1 heterocycles. The first-order chi connectivity index (χ1) is 8.88. The molecule has 0 fully saturated rings. The van der Waals surface area contributed by atoms with Crippen molar-refractivity contribution in [2.75, 3.05) is 0 Å². The van der Waals surface area contributed by atoms with Crippen LogP contribution in [0.15, 0.2) is 60.7 Å². The maximum absolute atomic E-state index is 9.23. The van der Waals surface area contributed by atoms with Crippen LogP contribution < -0.4 is 0 Å². The van der Waals surface area contributed by atoms with E-state index in [2.05, 4.69) is 28.8 Å². The summed E-state index contributed by atoms with van der Waals surface area (Å²) in [6.07, 6.45) is 0. The second kappa shape index (κ2) is 4.38. The molecule has 0 aliphatic heterocycles. The van der Waals surface area contributed by atoms with Crippen LogP contribution in [0.1, 0.15) is 11.3 Å². The summed E-state index contributed by atoms with van der Waals surface area (Å²) in [6.45, 7) is 0.733. The van der Waals surface area contributed by atoms with Gasteiger partial charge in [-0.2, -0.15) is 5.26 Å². The number of aromatic nitrogens is 1. The van der Waals surface area contributed by atoms with Crippen molar-refractivity contribution in [2.24, 2.45) is 0 Å². The Kier molecular flexibility index (Phi) is 2.59. The molecule has 3 aromatic rings. The van der Waals surface area contributed by atoms with Crippen LogP contribution in [0.3, 0.4) is 0 Å². The zero-order chi connectivity index (χ0) is 12.4. The monoisotopic (exact) mass is 232 g/mol. The smallest absolute Gasteiger partial charge is 0.121 e. The molecule has 2 aromatic carbocycles. The van der Waals surface area contributed by atoms with E-state index in [9.17, 15) is 5.26 Å². The highest BCUT2D eigenvalue weighted by molar-refractivity contribution is 5.82. The van der Waals surface area contributed by atoms with Crippen LogP contribution in [0.2, 0.25) is 0 Å². The molecule has 86 valence electrons. The van der Waals surface area contributed by atoms with Gasteiger partial charge < -0.3 is 4.57 Å². The fourth-order valence-electron chi connectivity index (χ4n) is 2.24. The van der Waals surface area contributed by atoms with E-state index in [-0.39, 0.29) is 0 Å². The fourth-order valence-corrected chi connectivity index (χ4v) is 2.24. The average Bonchev–Trinajstić information content (AvgIpc) is 2.78. The van der Waals surface area contributed by atoms with E-state index in [1.54, 1.807) is 0 Å². The van der Waals surface area contributed by atoms with Crippen LogP contribution in [0.25, 0.3) is 10.9 Å². The second-order valence-electron chi connectivity index (χ2n) is 4.27. The largest absolute Gasteiger partial charge is 0.328 e. The third-order valence-corrected chi connectivity index (χ3v) is 3.11. The highest BCUT2D eigenvalue weighted by Gasteiger charge is 2.07. The summed E-state index contributed by atoms with van der Waals surface area (Å²) < 4.78 is 2.06. The zero-order valence-corrected chi connectivity index (χ0v) is 9.88. The van der Waals surface area contributed by atoms with E-state index in [1.807, 2.05) is 42.5 Å². The molecule has 3 rings (SSSR count). The highest BCUT2D eigenvalue weighted by atomic mass is 15.0. The van der Waals surface area contributed by atoms with Gasteiger partial charge in [-0.15, -0.1) is 0 Å². The van der Waals surface area contributed by atoms with Crippen molar-refractivity contribution < 1.29 is 0 Å². The molecule has 0 bridgehead atoms. The maximum Gasteiger partial charge on any atom is 0.121 e. The summed E-state index contributed by atoms with van der Waals surface area (Å²) >= 11 is 0. The Morgan fingerprint density at radius 3 is 2.44 bits per heavy atom. The van der Waals surface area contributed by atoms with Crippen LogP contribution >= 0.6 is 0 Å². The molecule has 0 N–H and O–H groups in total. The number of fused-ring (bicyclic) bond motifs is 1. The summed E-state index contributed by atoms with van der Waals surface area (Å²) in [7, 11) is 0. The molecule has 0 unspecified atom stereocenters. The molecule has 0 aliphatic rings. The van der Waals surface area contributed by atoms with Crippen LogP contribution in [-0.4, -0.2) is 4.57 Å². The van der Waals surface area contributed by atoms with Crippen molar-refractivity contribution in [3.8, 4) is 6.07 Å². The number of nitrogens with zero attached hydrogens (tertiary/aromatic N) is 2. The summed E-state index contributed by atoms with van der Waals surface area (Å²) in [4.78, 5) is 0. The lowest BCUT2D eigenvalue weighted by molar-refractivity contribution is 0.823. The van der Waals surface area contributed by atoms with Gasteiger partial charge in [-0.05, 0) is 17.7 Å². The minimum atomic E-state index is 0.708. The van der Waals surface area contributed by atoms with Crippen LogP contribution in [0.4, 0.5) is 0 Å². The molecule has 0 aliphatic carbocycles. The van der Waals surface area contributed by atoms with Gasteiger partial charge in [-0.25, -0.2) is 0 Å². The lowest BCUT2D eigenvalue weighted by atomic mass is 10.2. The molecular weight excluding hydrogens is 220 g/mol. The minimum Gasteiger partial charge on any atom is -0.328 e. The Morgan fingerprint density at radius 2 is 1.67 bits per heavy atom. The van der Waals surface area contributed by atoms with Crippen LogP contribution in [-0.2, 0) is 6.54 Å². The van der Waals surface area contributed by atoms with Gasteiger partial charge >= 0.3 is 0 Å². The molecule has 2 heteroatoms. The van der Waals surface area contributed by atoms with Crippen molar-refractivity contribution in [3.63, 3.8) is 0 Å². The molecule has 0 spiro atoms. The third kappa shape index (κ3) is 1.76. The molecule has 0 saturated heterocycles. The van der Waals surface area contributed by atoms with Crippen molar-refractivity contribution in [1.82, 2.24) is 4.57 Å². The van der Waals surface area contributed by atoms with E-state index >= 15 is 0 Å². The van der Waals surface area contributed by atoms with E-state index in [0.29, 0.717) is 5.69 Å². The van der Waals surface area contributed by atoms with E-state index < -0.39 is 0 Å². The normalized spacial score (nSPS) is 10.4. The predicted octanol–water partition coefficient (Wildman–Crippen LogP) is 3.56. The van der Waals surface area contributed by atoms with Crippen molar-refractivity contribution in [1.29, 1.82) is 5.26 Å². The molecule has 0 radical (unpaired) electrons. The highest BCUT2D eigenvalue weighted by Crippen LogP contribution is 2.20. The van der Waals surface area contributed by atoms with Gasteiger partial charge in [-0.3, -0.25) is 0 Å². The number of benzene rings is 2. The Hall–Kier alpha value is -2.53. The minimum absolute atomic E-state index is 0.708. The molecule has 1 aromatic heterocycles. The Balaban J connectivity index is 2.13. The Morgan fingerprint density at radius 1 is 0.944 bits per heavy atom. The number of hydrogen-bond acceptors (Lipinski definition) is 1. The number of nitriles is 1. The molecule has 18 heavy (non-hydrogen) atoms. The van der Waals surface area contributed by atoms with Gasteiger partial charge in [-0.1, -0.05) is 48.5 Å². The molecule has 0 saturated carbocycles. The third-order valence-electron chi connectivity index (χ3n) is 3.11. The zero-order valence-electron chi connectivity index (χ0n) is 9.88. The quantitative estimate of drug-likeness (QED) is 0.664. The number of hydrogen-bond donors (Lipinski definition) is 0. The average molecular weight is 232 g/mol. The van der Waals surface area contributed by atoms with Gasteiger partial charge in [0.05, 0.1) is 0 Å². The maximum atomic E-state index is 9.23. The van der Waals surface area contributed by atoms with Gasteiger partial charge in [0, 0.05) is 17.4 Å². The molecule has 2 nitrogen and oxygen atoms in total. The van der Waals surface area contributed by atoms with Crippen LogP contribution in [0, 0.1) is 11.3 Å². The van der Waals surface area contributed by atoms with Crippen molar-refractivity contribution in [2.45, 2.75) is 6.54 Å². The molecule has 0 amide bonds. The van der Waals surface area contributed by atoms with E-state index in [1.165, 1.54) is 5.56 Å². The summed E-state index contributed by atoms with van der Waals surface area (Å²) in [5, 5.41) is 10.3. The Labute approximate surface area is 106 Å². The van der Waals surface area contributed by atoms with Crippen molar-refractivity contribution in [3.05, 3.63) is 71.9 Å². The first-order valence-corrected chi connectivity index (χ1v) is 5.91. The van der Waals surface area contributed by atoms with E-state index in [4.69, 9.17) is 0 Å². The predicted molar refractivity (Wildman–Crippen MR) is 72.2 cm³/mol. The lowest BCUT2D eigenvalue weighted by Crippen LogP contribution is -2.01. The molecular formula is C16H12N2. The summed E-state index contributed by atoms with van der Waals surface area (Å²) in [5.74, 6) is 0. The summed E-state index contributed by atoms with van der Waals surface area (Å²) in [5.41, 5.74) is 3.02. The summed E-state index contributed by atoms with van der Waals surface area (Å²) in [6, 6.07) is 22.5. The van der Waals surface area contributed by atoms with Crippen LogP contribution in [0.5, 0.6) is 0 Å². The molecule has 0 atom stereocenters. The fraction of sp³-hybridized carbons (Fsp3) is 0.0625. The Bertz CT molecular complexity index is 718. The SMILES string of the molecule is N#Cc1cc2ccccc2n1Cc1ccccc1. The van der Waals surface area contributed by atoms with Gasteiger partial charge in [0.2, 0.25) is 0 Å². The standard InChI is InChI=1S/C16H12N2/c17-11-15-10-14-8-4-5-9-16(14)18(15)12-13-6-2-1-3-7-13/h1-10H,12H2. The first-order valence-electron chi connectivity index (χ1n) is 5.91. The van der Waals surface area contributed by atoms with E-state index in [0.717, 1.165) is 17.4 Å². The van der Waals surface area contributed by atoms with Gasteiger partial charge in [0.15, 0.2) is 0 Å². The van der Waals surface area contributed by atoms with Gasteiger partial charge in [0.1, 0.15) is 11.8 Å². The van der Waals surface area contributed by atoms with Crippen molar-refractivity contribution >= 4 is 10.9 Å². The number of rotatable bonds is 2. The number of para-hydroxylation sites is 1. The second-order valence-corrected chi connectivity index (χ2v) is 4.27.